The maximum absolute atomic E-state index is 11.9. The van der Waals surface area contributed by atoms with Crippen LogP contribution in [-0.4, -0.2) is 29.1 Å². The first-order valence-corrected chi connectivity index (χ1v) is 6.89. The molecule has 0 aliphatic rings. The zero-order valence-electron chi connectivity index (χ0n) is 12.7. The van der Waals surface area contributed by atoms with E-state index in [-0.39, 0.29) is 24.8 Å². The van der Waals surface area contributed by atoms with Gasteiger partial charge in [0, 0.05) is 0 Å². The van der Waals surface area contributed by atoms with Gasteiger partial charge in [0.2, 0.25) is 5.91 Å². The van der Waals surface area contributed by atoms with Crippen molar-refractivity contribution < 1.29 is 14.7 Å². The molecule has 1 aromatic carbocycles. The number of amides is 1. The van der Waals surface area contributed by atoms with Crippen molar-refractivity contribution in [1.29, 1.82) is 0 Å². The summed E-state index contributed by atoms with van der Waals surface area (Å²) in [6.07, 6.45) is 0.718. The molecule has 0 aliphatic carbocycles. The standard InChI is InChI=1S/C15H23N3O3/c1-4-15(3,14(16)18-20)17-13(19)8-9-21-12-7-5-6-11(2)10-12/h5-7,10,20H,4,8-9H2,1-3H3,(H2,16,18)(H,17,19). The van der Waals surface area contributed by atoms with E-state index < -0.39 is 5.54 Å². The molecule has 0 aliphatic heterocycles. The SMILES string of the molecule is CCC(C)(NC(=O)CCOc1cccc(C)c1)/C(N)=N/O. The molecule has 1 rings (SSSR count). The lowest BCUT2D eigenvalue weighted by molar-refractivity contribution is -0.122. The van der Waals surface area contributed by atoms with Gasteiger partial charge in [-0.2, -0.15) is 0 Å². The summed E-state index contributed by atoms with van der Waals surface area (Å²) >= 11 is 0. The molecule has 1 amide bonds. The summed E-state index contributed by atoms with van der Waals surface area (Å²) in [7, 11) is 0. The summed E-state index contributed by atoms with van der Waals surface area (Å²) in [6, 6.07) is 7.63. The Morgan fingerprint density at radius 1 is 1.52 bits per heavy atom. The number of rotatable bonds is 7. The topological polar surface area (TPSA) is 96.9 Å². The van der Waals surface area contributed by atoms with Crippen molar-refractivity contribution in [3.8, 4) is 5.75 Å². The smallest absolute Gasteiger partial charge is 0.224 e. The number of oxime groups is 1. The summed E-state index contributed by atoms with van der Waals surface area (Å²) in [5.41, 5.74) is 5.85. The van der Waals surface area contributed by atoms with E-state index in [9.17, 15) is 4.79 Å². The van der Waals surface area contributed by atoms with Crippen LogP contribution in [0.3, 0.4) is 0 Å². The van der Waals surface area contributed by atoms with E-state index in [0.717, 1.165) is 11.3 Å². The van der Waals surface area contributed by atoms with E-state index in [2.05, 4.69) is 10.5 Å². The average Bonchev–Trinajstić information content (AvgIpc) is 2.46. The van der Waals surface area contributed by atoms with Crippen molar-refractivity contribution in [3.05, 3.63) is 29.8 Å². The predicted octanol–water partition coefficient (Wildman–Crippen LogP) is 1.80. The second kappa shape index (κ2) is 7.52. The van der Waals surface area contributed by atoms with Crippen molar-refractivity contribution in [2.45, 2.75) is 39.2 Å². The number of carbonyl (C=O) groups is 1. The van der Waals surface area contributed by atoms with E-state index in [4.69, 9.17) is 15.7 Å². The van der Waals surface area contributed by atoms with Crippen molar-refractivity contribution in [1.82, 2.24) is 5.32 Å². The van der Waals surface area contributed by atoms with Crippen molar-refractivity contribution in [3.63, 3.8) is 0 Å². The Balaban J connectivity index is 2.47. The Kier molecular flexibility index (Phi) is 6.02. The highest BCUT2D eigenvalue weighted by Gasteiger charge is 2.29. The third-order valence-corrected chi connectivity index (χ3v) is 3.38. The van der Waals surface area contributed by atoms with Gasteiger partial charge in [-0.1, -0.05) is 24.2 Å². The van der Waals surface area contributed by atoms with E-state index >= 15 is 0 Å². The molecule has 6 nitrogen and oxygen atoms in total. The second-order valence-corrected chi connectivity index (χ2v) is 5.13. The van der Waals surface area contributed by atoms with Gasteiger partial charge in [0.05, 0.1) is 18.6 Å². The molecule has 1 unspecified atom stereocenters. The summed E-state index contributed by atoms with van der Waals surface area (Å²) in [5, 5.41) is 14.5. The highest BCUT2D eigenvalue weighted by molar-refractivity contribution is 5.93. The quantitative estimate of drug-likeness (QED) is 0.309. The second-order valence-electron chi connectivity index (χ2n) is 5.13. The van der Waals surface area contributed by atoms with Crippen LogP contribution in [0.2, 0.25) is 0 Å². The first kappa shape index (κ1) is 16.8. The number of nitrogens with one attached hydrogen (secondary N) is 1. The number of ether oxygens (including phenoxy) is 1. The summed E-state index contributed by atoms with van der Waals surface area (Å²) in [5.74, 6) is 0.508. The minimum atomic E-state index is -0.852. The summed E-state index contributed by atoms with van der Waals surface area (Å²) in [4.78, 5) is 11.9. The van der Waals surface area contributed by atoms with Crippen molar-refractivity contribution in [2.24, 2.45) is 10.9 Å². The van der Waals surface area contributed by atoms with Crippen LogP contribution in [-0.2, 0) is 4.79 Å². The maximum Gasteiger partial charge on any atom is 0.224 e. The molecule has 0 saturated heterocycles. The van der Waals surface area contributed by atoms with Gasteiger partial charge in [0.25, 0.3) is 0 Å². The van der Waals surface area contributed by atoms with E-state index in [0.29, 0.717) is 6.42 Å². The maximum atomic E-state index is 11.9. The molecule has 0 fully saturated rings. The molecule has 4 N–H and O–H groups in total. The first-order chi connectivity index (χ1) is 9.91. The third-order valence-electron chi connectivity index (χ3n) is 3.38. The van der Waals surface area contributed by atoms with E-state index in [1.54, 1.807) is 6.92 Å². The molecular weight excluding hydrogens is 270 g/mol. The number of hydrogen-bond acceptors (Lipinski definition) is 4. The van der Waals surface area contributed by atoms with Crippen molar-refractivity contribution >= 4 is 11.7 Å². The number of nitrogens with two attached hydrogens (primary N) is 1. The molecule has 0 heterocycles. The fourth-order valence-electron chi connectivity index (χ4n) is 1.78. The fraction of sp³-hybridized carbons (Fsp3) is 0.467. The van der Waals surface area contributed by atoms with Crippen LogP contribution in [0, 0.1) is 6.92 Å². The molecular formula is C15H23N3O3. The fourth-order valence-corrected chi connectivity index (χ4v) is 1.78. The molecule has 116 valence electrons. The predicted molar refractivity (Wildman–Crippen MR) is 81.5 cm³/mol. The zero-order chi connectivity index (χ0) is 15.9. The highest BCUT2D eigenvalue weighted by atomic mass is 16.5. The molecule has 0 radical (unpaired) electrons. The van der Waals surface area contributed by atoms with E-state index in [1.807, 2.05) is 38.1 Å². The van der Waals surface area contributed by atoms with Gasteiger partial charge in [-0.3, -0.25) is 4.79 Å². The highest BCUT2D eigenvalue weighted by Crippen LogP contribution is 2.13. The Labute approximate surface area is 125 Å². The number of benzene rings is 1. The van der Waals surface area contributed by atoms with Gasteiger partial charge < -0.3 is 21.0 Å². The molecule has 0 bridgehead atoms. The number of aryl methyl sites for hydroxylation is 1. The lowest BCUT2D eigenvalue weighted by Crippen LogP contribution is -2.55. The number of amidine groups is 1. The normalized spacial score (nSPS) is 14.3. The van der Waals surface area contributed by atoms with Crippen LogP contribution in [0.1, 0.15) is 32.3 Å². The Morgan fingerprint density at radius 3 is 2.81 bits per heavy atom. The lowest BCUT2D eigenvalue weighted by Gasteiger charge is -2.28. The molecule has 1 aromatic rings. The first-order valence-electron chi connectivity index (χ1n) is 6.89. The number of carbonyl (C=O) groups excluding carboxylic acids is 1. The van der Waals surface area contributed by atoms with Gasteiger partial charge >= 0.3 is 0 Å². The van der Waals surface area contributed by atoms with Crippen LogP contribution in [0.5, 0.6) is 5.75 Å². The molecule has 1 atom stereocenters. The largest absolute Gasteiger partial charge is 0.493 e. The van der Waals surface area contributed by atoms with Crippen LogP contribution in [0.4, 0.5) is 0 Å². The Morgan fingerprint density at radius 2 is 2.24 bits per heavy atom. The van der Waals surface area contributed by atoms with Gasteiger partial charge in [-0.25, -0.2) is 0 Å². The number of hydrogen-bond donors (Lipinski definition) is 3. The van der Waals surface area contributed by atoms with Crippen LogP contribution >= 0.6 is 0 Å². The van der Waals surface area contributed by atoms with Gasteiger partial charge in [-0.15, -0.1) is 0 Å². The molecule has 0 aromatic heterocycles. The third kappa shape index (κ3) is 4.98. The summed E-state index contributed by atoms with van der Waals surface area (Å²) in [6.45, 7) is 5.80. The minimum absolute atomic E-state index is 0.0158. The van der Waals surface area contributed by atoms with Crippen LogP contribution in [0.15, 0.2) is 29.4 Å². The minimum Gasteiger partial charge on any atom is -0.493 e. The van der Waals surface area contributed by atoms with Crippen LogP contribution < -0.4 is 15.8 Å². The molecule has 0 spiro atoms. The van der Waals surface area contributed by atoms with Gasteiger partial charge in [0.1, 0.15) is 5.75 Å². The molecule has 6 heteroatoms. The number of nitrogens with zero attached hydrogens (tertiary/aromatic N) is 1. The van der Waals surface area contributed by atoms with Gasteiger partial charge in [-0.05, 0) is 38.0 Å². The van der Waals surface area contributed by atoms with Crippen LogP contribution in [0.25, 0.3) is 0 Å². The Bertz CT molecular complexity index is 517. The van der Waals surface area contributed by atoms with E-state index in [1.165, 1.54) is 0 Å². The summed E-state index contributed by atoms with van der Waals surface area (Å²) < 4.78 is 5.52. The monoisotopic (exact) mass is 293 g/mol. The molecule has 21 heavy (non-hydrogen) atoms. The van der Waals surface area contributed by atoms with Gasteiger partial charge in [0.15, 0.2) is 5.84 Å². The average molecular weight is 293 g/mol. The lowest BCUT2D eigenvalue weighted by atomic mass is 9.97. The Hall–Kier alpha value is -2.24. The molecule has 0 saturated carbocycles. The van der Waals surface area contributed by atoms with Crippen molar-refractivity contribution in [2.75, 3.05) is 6.61 Å². The zero-order valence-corrected chi connectivity index (χ0v) is 12.7.